The Morgan fingerprint density at radius 3 is 2.78 bits per heavy atom. The predicted molar refractivity (Wildman–Crippen MR) is 148 cm³/mol. The number of hydrogen-bond donors (Lipinski definition) is 0. The molecule has 1 amide bonds. The van der Waals surface area contributed by atoms with E-state index in [-0.39, 0.29) is 11.8 Å². The molecule has 7 heteroatoms. The number of carbonyl (C=O) groups is 1. The number of ether oxygens (including phenoxy) is 2. The molecule has 1 atom stereocenters. The van der Waals surface area contributed by atoms with Crippen LogP contribution in [0.15, 0.2) is 79.4 Å². The summed E-state index contributed by atoms with van der Waals surface area (Å²) in [6.45, 7) is 5.63. The zero-order valence-electron chi connectivity index (χ0n) is 20.9. The van der Waals surface area contributed by atoms with Gasteiger partial charge in [0.15, 0.2) is 11.5 Å². The van der Waals surface area contributed by atoms with Gasteiger partial charge in [0.05, 0.1) is 24.8 Å². The van der Waals surface area contributed by atoms with Gasteiger partial charge in [-0.25, -0.2) is 4.98 Å². The normalized spacial score (nSPS) is 15.4. The fourth-order valence-electron chi connectivity index (χ4n) is 4.94. The van der Waals surface area contributed by atoms with Gasteiger partial charge in [-0.2, -0.15) is 0 Å². The maximum absolute atomic E-state index is 12.9. The number of aromatic nitrogens is 2. The fraction of sp³-hybridized carbons (Fsp3) is 0.267. The summed E-state index contributed by atoms with van der Waals surface area (Å²) < 4.78 is 13.8. The van der Waals surface area contributed by atoms with Crippen molar-refractivity contribution in [2.75, 3.05) is 25.2 Å². The van der Waals surface area contributed by atoms with Gasteiger partial charge in [0.1, 0.15) is 5.82 Å². The van der Waals surface area contributed by atoms with Gasteiger partial charge in [0.25, 0.3) is 0 Å². The summed E-state index contributed by atoms with van der Waals surface area (Å²) in [4.78, 5) is 19.7. The molecule has 0 saturated carbocycles. The van der Waals surface area contributed by atoms with Crippen molar-refractivity contribution in [3.8, 4) is 11.5 Å². The van der Waals surface area contributed by atoms with Gasteiger partial charge < -0.3 is 18.9 Å². The first kappa shape index (κ1) is 24.9. The number of anilines is 1. The highest BCUT2D eigenvalue weighted by Gasteiger charge is 2.34. The van der Waals surface area contributed by atoms with Crippen LogP contribution in [0.25, 0.3) is 11.0 Å². The average molecular weight is 516 g/mol. The third kappa shape index (κ3) is 5.35. The number of para-hydroxylation sites is 2. The number of methoxy groups -OCH3 is 1. The van der Waals surface area contributed by atoms with E-state index in [1.165, 1.54) is 0 Å². The second kappa shape index (κ2) is 11.1. The Labute approximate surface area is 222 Å². The Morgan fingerprint density at radius 2 is 1.97 bits per heavy atom. The van der Waals surface area contributed by atoms with E-state index >= 15 is 0 Å². The van der Waals surface area contributed by atoms with Crippen LogP contribution in [0.5, 0.6) is 11.5 Å². The van der Waals surface area contributed by atoms with Gasteiger partial charge in [0, 0.05) is 36.1 Å². The number of aryl methyl sites for hydroxylation is 1. The summed E-state index contributed by atoms with van der Waals surface area (Å²) in [5, 5.41) is 0.618. The Morgan fingerprint density at radius 1 is 1.11 bits per heavy atom. The quantitative estimate of drug-likeness (QED) is 0.181. The van der Waals surface area contributed by atoms with E-state index in [9.17, 15) is 4.79 Å². The van der Waals surface area contributed by atoms with Crippen molar-refractivity contribution in [1.82, 2.24) is 9.55 Å². The molecule has 190 valence electrons. The largest absolute Gasteiger partial charge is 0.493 e. The van der Waals surface area contributed by atoms with Crippen LogP contribution in [0.4, 0.5) is 5.69 Å². The second-order valence-corrected chi connectivity index (χ2v) is 9.61. The first-order valence-corrected chi connectivity index (χ1v) is 12.9. The minimum atomic E-state index is -0.00250. The summed E-state index contributed by atoms with van der Waals surface area (Å²) in [6, 6.07) is 21.5. The van der Waals surface area contributed by atoms with Gasteiger partial charge in [-0.15, -0.1) is 6.58 Å². The fourth-order valence-corrected chi connectivity index (χ4v) is 5.13. The summed E-state index contributed by atoms with van der Waals surface area (Å²) in [7, 11) is 1.65. The van der Waals surface area contributed by atoms with E-state index in [1.54, 1.807) is 7.11 Å². The number of carbonyl (C=O) groups excluding carboxylic acids is 1. The Hall–Kier alpha value is -3.77. The van der Waals surface area contributed by atoms with E-state index in [0.29, 0.717) is 24.6 Å². The van der Waals surface area contributed by atoms with Gasteiger partial charge >= 0.3 is 0 Å². The number of allylic oxidation sites excluding steroid dienone is 1. The molecule has 1 aliphatic rings. The molecule has 5 rings (SSSR count). The lowest BCUT2D eigenvalue weighted by Crippen LogP contribution is -2.24. The molecule has 4 aromatic rings. The zero-order chi connectivity index (χ0) is 25.8. The molecule has 3 aromatic carbocycles. The predicted octanol–water partition coefficient (Wildman–Crippen LogP) is 6.42. The van der Waals surface area contributed by atoms with Gasteiger partial charge in [-0.3, -0.25) is 4.79 Å². The third-order valence-electron chi connectivity index (χ3n) is 6.69. The minimum absolute atomic E-state index is 0.00250. The van der Waals surface area contributed by atoms with Crippen LogP contribution >= 0.6 is 11.6 Å². The Bertz CT molecular complexity index is 1430. The van der Waals surface area contributed by atoms with Crippen molar-refractivity contribution >= 4 is 34.2 Å². The highest BCUT2D eigenvalue weighted by atomic mass is 35.5. The van der Waals surface area contributed by atoms with E-state index < -0.39 is 0 Å². The van der Waals surface area contributed by atoms with Crippen molar-refractivity contribution in [2.24, 2.45) is 0 Å². The summed E-state index contributed by atoms with van der Waals surface area (Å²) in [5.74, 6) is 2.47. The number of amides is 1. The first-order chi connectivity index (χ1) is 18.1. The van der Waals surface area contributed by atoms with Crippen molar-refractivity contribution in [1.29, 1.82) is 0 Å². The van der Waals surface area contributed by atoms with Crippen molar-refractivity contribution in [2.45, 2.75) is 31.7 Å². The molecule has 1 fully saturated rings. The van der Waals surface area contributed by atoms with Crippen molar-refractivity contribution in [3.05, 3.63) is 95.8 Å². The summed E-state index contributed by atoms with van der Waals surface area (Å²) >= 11 is 6.18. The molecule has 1 saturated heterocycles. The molecule has 0 radical (unpaired) electrons. The molecular weight excluding hydrogens is 486 g/mol. The van der Waals surface area contributed by atoms with Crippen LogP contribution in [0.3, 0.4) is 0 Å². The van der Waals surface area contributed by atoms with Gasteiger partial charge in [-0.1, -0.05) is 41.9 Å². The Kier molecular flexibility index (Phi) is 7.47. The maximum Gasteiger partial charge on any atom is 0.227 e. The number of rotatable bonds is 10. The van der Waals surface area contributed by atoms with Crippen LogP contribution in [0.1, 0.15) is 30.1 Å². The molecule has 0 N–H and O–H groups in total. The van der Waals surface area contributed by atoms with E-state index in [1.807, 2.05) is 71.6 Å². The number of halogens is 1. The Balaban J connectivity index is 1.32. The monoisotopic (exact) mass is 515 g/mol. The second-order valence-electron chi connectivity index (χ2n) is 9.18. The number of imidazole rings is 1. The number of benzene rings is 3. The zero-order valence-corrected chi connectivity index (χ0v) is 21.7. The molecular formula is C30H30ClN3O3. The van der Waals surface area contributed by atoms with Crippen LogP contribution < -0.4 is 14.4 Å². The topological polar surface area (TPSA) is 56.6 Å². The number of nitrogens with zero attached hydrogens (tertiary/aromatic N) is 3. The lowest BCUT2D eigenvalue weighted by molar-refractivity contribution is -0.117. The molecule has 1 aromatic heterocycles. The third-order valence-corrected chi connectivity index (χ3v) is 6.92. The average Bonchev–Trinajstić information content (AvgIpc) is 3.47. The van der Waals surface area contributed by atoms with E-state index in [2.05, 4.69) is 17.2 Å². The van der Waals surface area contributed by atoms with Crippen LogP contribution in [0, 0.1) is 0 Å². The smallest absolute Gasteiger partial charge is 0.227 e. The van der Waals surface area contributed by atoms with Gasteiger partial charge in [0.2, 0.25) is 5.91 Å². The molecule has 1 aliphatic heterocycles. The molecule has 1 unspecified atom stereocenters. The van der Waals surface area contributed by atoms with Crippen LogP contribution in [-0.2, 0) is 17.8 Å². The van der Waals surface area contributed by atoms with Crippen molar-refractivity contribution in [3.63, 3.8) is 0 Å². The van der Waals surface area contributed by atoms with E-state index in [0.717, 1.165) is 59.0 Å². The molecule has 37 heavy (non-hydrogen) atoms. The number of fused-ring (bicyclic) bond motifs is 1. The summed E-state index contributed by atoms with van der Waals surface area (Å²) in [5.41, 5.74) is 3.96. The van der Waals surface area contributed by atoms with Gasteiger partial charge in [-0.05, 0) is 60.9 Å². The summed E-state index contributed by atoms with van der Waals surface area (Å²) in [6.07, 6.45) is 3.85. The molecule has 6 nitrogen and oxygen atoms in total. The molecule has 0 spiro atoms. The lowest BCUT2D eigenvalue weighted by Gasteiger charge is -2.18. The maximum atomic E-state index is 12.9. The standard InChI is InChI=1S/C30H30ClN3O3/c1-3-8-21-13-14-27(28(17-21)36-2)37-16-7-15-33-26-12-5-4-11-25(26)32-30(33)22-18-29(35)34(20-22)24-10-6-9-23(31)19-24/h3-6,9-14,17,19,22H,1,7-8,15-16,18,20H2,2H3. The highest BCUT2D eigenvalue weighted by Crippen LogP contribution is 2.34. The highest BCUT2D eigenvalue weighted by molar-refractivity contribution is 6.30. The number of hydrogen-bond acceptors (Lipinski definition) is 4. The van der Waals surface area contributed by atoms with Crippen LogP contribution in [-0.4, -0.2) is 35.7 Å². The molecule has 2 heterocycles. The molecule has 0 aliphatic carbocycles. The SMILES string of the molecule is C=CCc1ccc(OCCCn2c(C3CC(=O)N(c4cccc(Cl)c4)C3)nc3ccccc32)c(OC)c1. The lowest BCUT2D eigenvalue weighted by atomic mass is 10.1. The molecule has 0 bridgehead atoms. The van der Waals surface area contributed by atoms with E-state index in [4.69, 9.17) is 26.1 Å². The first-order valence-electron chi connectivity index (χ1n) is 12.5. The minimum Gasteiger partial charge on any atom is -0.493 e. The van der Waals surface area contributed by atoms with Crippen molar-refractivity contribution < 1.29 is 14.3 Å². The van der Waals surface area contributed by atoms with Crippen LogP contribution in [0.2, 0.25) is 5.02 Å².